The van der Waals surface area contributed by atoms with Crippen LogP contribution in [0.5, 0.6) is 0 Å². The SMILES string of the molecule is CC[C@H](C)[C@@H]([C@@H](CC(=O)N1CCC[C@H]1[C@H](OC)[C@@H](C)C(=O)NC(Cc1ccccc1)C(=O)OCCOCCOCCOC)OC)N(C)C(=O)[C@@H](NC(=O)[C@H](C(C)C)N(C)C(C)C)C(C)C. The van der Waals surface area contributed by atoms with Gasteiger partial charge in [-0.25, -0.2) is 4.79 Å². The van der Waals surface area contributed by atoms with Gasteiger partial charge in [0.05, 0.1) is 75.7 Å². The van der Waals surface area contributed by atoms with Gasteiger partial charge in [-0.3, -0.25) is 24.1 Å². The predicted octanol–water partition coefficient (Wildman–Crippen LogP) is 4.36. The molecule has 0 bridgehead atoms. The van der Waals surface area contributed by atoms with Crippen LogP contribution in [0, 0.1) is 23.7 Å². The number of esters is 1. The van der Waals surface area contributed by atoms with Crippen LogP contribution in [0.15, 0.2) is 30.3 Å². The Morgan fingerprint density at radius 3 is 1.94 bits per heavy atom. The van der Waals surface area contributed by atoms with Crippen LogP contribution in [-0.4, -0.2) is 174 Å². The molecule has 1 saturated heterocycles. The average Bonchev–Trinajstić information content (AvgIpc) is 3.76. The van der Waals surface area contributed by atoms with E-state index in [4.69, 9.17) is 28.4 Å². The van der Waals surface area contributed by atoms with Crippen molar-refractivity contribution in [2.75, 3.05) is 81.6 Å². The Balaban J connectivity index is 2.24. The fourth-order valence-electron chi connectivity index (χ4n) is 8.67. The monoisotopic (exact) mass is 920 g/mol. The molecule has 0 aromatic heterocycles. The Morgan fingerprint density at radius 2 is 1.40 bits per heavy atom. The zero-order valence-corrected chi connectivity index (χ0v) is 42.1. The molecule has 0 radical (unpaired) electrons. The van der Waals surface area contributed by atoms with Crippen LogP contribution in [-0.2, 0) is 58.8 Å². The number of hydrogen-bond acceptors (Lipinski definition) is 12. The summed E-state index contributed by atoms with van der Waals surface area (Å²) in [5.41, 5.74) is 0.845. The summed E-state index contributed by atoms with van der Waals surface area (Å²) >= 11 is 0. The van der Waals surface area contributed by atoms with Crippen molar-refractivity contribution in [2.24, 2.45) is 23.7 Å². The molecule has 1 unspecified atom stereocenters. The lowest BCUT2D eigenvalue weighted by molar-refractivity contribution is -0.151. The molecular weight excluding hydrogens is 835 g/mol. The number of nitrogens with zero attached hydrogens (tertiary/aromatic N) is 3. The Morgan fingerprint density at radius 1 is 0.785 bits per heavy atom. The number of rotatable bonds is 31. The van der Waals surface area contributed by atoms with Crippen molar-refractivity contribution in [3.05, 3.63) is 35.9 Å². The number of likely N-dealkylation sites (N-methyl/N-ethyl adjacent to an activating group) is 2. The second-order valence-electron chi connectivity index (χ2n) is 18.4. The molecule has 0 saturated carbocycles. The van der Waals surface area contributed by atoms with Gasteiger partial charge in [0.2, 0.25) is 23.6 Å². The molecule has 65 heavy (non-hydrogen) atoms. The minimum atomic E-state index is -0.982. The largest absolute Gasteiger partial charge is 0.462 e. The highest BCUT2D eigenvalue weighted by atomic mass is 16.6. The smallest absolute Gasteiger partial charge is 0.329 e. The van der Waals surface area contributed by atoms with Crippen LogP contribution >= 0.6 is 0 Å². The van der Waals surface area contributed by atoms with Gasteiger partial charge in [-0.1, -0.05) is 85.2 Å². The predicted molar refractivity (Wildman–Crippen MR) is 251 cm³/mol. The molecule has 1 aliphatic rings. The van der Waals surface area contributed by atoms with Crippen molar-refractivity contribution in [2.45, 2.75) is 143 Å². The standard InChI is InChI=1S/C49H85N5O11/c1-15-35(8)44(53(11)48(58)42(32(2)3)51-47(57)43(33(4)5)52(10)34(6)7)40(61-13)31-41(55)54-23-19-22-39(54)45(62-14)36(9)46(56)50-38(30-37-20-17-16-18-21-37)49(59)65-29-28-64-27-26-63-25-24-60-12/h16-18,20-21,32-36,38-40,42-45H,15,19,22-31H2,1-14H3,(H,50,56)(H,51,57)/t35-,36+,38?,39-,40+,42-,43-,44-,45+/m0/s1. The third-order valence-electron chi connectivity index (χ3n) is 12.8. The molecular formula is C49H85N5O11. The van der Waals surface area contributed by atoms with E-state index in [9.17, 15) is 24.0 Å². The van der Waals surface area contributed by atoms with Crippen LogP contribution in [0.3, 0.4) is 0 Å². The second kappa shape index (κ2) is 29.9. The van der Waals surface area contributed by atoms with Crippen molar-refractivity contribution in [3.63, 3.8) is 0 Å². The summed E-state index contributed by atoms with van der Waals surface area (Å²) in [4.78, 5) is 75.6. The zero-order valence-electron chi connectivity index (χ0n) is 42.1. The van der Waals surface area contributed by atoms with Crippen LogP contribution in [0.4, 0.5) is 0 Å². The van der Waals surface area contributed by atoms with E-state index in [0.29, 0.717) is 52.2 Å². The highest BCUT2D eigenvalue weighted by Gasteiger charge is 2.43. The van der Waals surface area contributed by atoms with Gasteiger partial charge in [0.15, 0.2) is 0 Å². The maximum Gasteiger partial charge on any atom is 0.329 e. The lowest BCUT2D eigenvalue weighted by Gasteiger charge is -2.41. The first-order chi connectivity index (χ1) is 30.9. The van der Waals surface area contributed by atoms with Gasteiger partial charge < -0.3 is 48.9 Å². The molecule has 1 aromatic carbocycles. The number of hydrogen-bond donors (Lipinski definition) is 2. The van der Waals surface area contributed by atoms with Crippen LogP contribution in [0.1, 0.15) is 93.6 Å². The molecule has 1 fully saturated rings. The number of likely N-dealkylation sites (tertiary alicyclic amines) is 1. The molecule has 0 aliphatic carbocycles. The van der Waals surface area contributed by atoms with E-state index >= 15 is 0 Å². The Labute approximate surface area is 390 Å². The minimum absolute atomic E-state index is 0.00161. The number of nitrogens with one attached hydrogen (secondary N) is 2. The topological polar surface area (TPSA) is 175 Å². The summed E-state index contributed by atoms with van der Waals surface area (Å²) in [7, 11) is 8.34. The number of carbonyl (C=O) groups excluding carboxylic acids is 5. The van der Waals surface area contributed by atoms with Gasteiger partial charge in [-0.05, 0) is 57.1 Å². The summed E-state index contributed by atoms with van der Waals surface area (Å²) in [6, 6.07) is 6.38. The van der Waals surface area contributed by atoms with Crippen LogP contribution < -0.4 is 10.6 Å². The second-order valence-corrected chi connectivity index (χ2v) is 18.4. The number of methoxy groups -OCH3 is 3. The molecule has 1 heterocycles. The van der Waals surface area contributed by atoms with E-state index in [1.807, 2.05) is 97.7 Å². The van der Waals surface area contributed by atoms with E-state index in [1.54, 1.807) is 38.0 Å². The Bertz CT molecular complexity index is 1570. The first kappa shape index (κ1) is 57.5. The molecule has 2 N–H and O–H groups in total. The molecule has 0 spiro atoms. The van der Waals surface area contributed by atoms with E-state index in [2.05, 4.69) is 10.6 Å². The van der Waals surface area contributed by atoms with E-state index < -0.39 is 60.2 Å². The molecule has 2 rings (SSSR count). The minimum Gasteiger partial charge on any atom is -0.462 e. The molecule has 1 aliphatic heterocycles. The Hall–Kier alpha value is -3.67. The van der Waals surface area contributed by atoms with E-state index in [0.717, 1.165) is 5.56 Å². The molecule has 372 valence electrons. The number of amides is 4. The third-order valence-corrected chi connectivity index (χ3v) is 12.8. The number of carbonyl (C=O) groups is 5. The van der Waals surface area contributed by atoms with Gasteiger partial charge >= 0.3 is 5.97 Å². The highest BCUT2D eigenvalue weighted by Crippen LogP contribution is 2.30. The summed E-state index contributed by atoms with van der Waals surface area (Å²) < 4.78 is 33.5. The maximum atomic E-state index is 14.5. The summed E-state index contributed by atoms with van der Waals surface area (Å²) in [5.74, 6) is -2.62. The number of ether oxygens (including phenoxy) is 6. The first-order valence-electron chi connectivity index (χ1n) is 23.7. The zero-order chi connectivity index (χ0) is 48.8. The summed E-state index contributed by atoms with van der Waals surface area (Å²) in [5, 5.41) is 6.01. The first-order valence-corrected chi connectivity index (χ1v) is 23.7. The van der Waals surface area contributed by atoms with Gasteiger partial charge in [0.1, 0.15) is 18.7 Å². The highest BCUT2D eigenvalue weighted by molar-refractivity contribution is 5.90. The summed E-state index contributed by atoms with van der Waals surface area (Å²) in [6.45, 7) is 20.0. The fraction of sp³-hybridized carbons (Fsp3) is 0.776. The van der Waals surface area contributed by atoms with Gasteiger partial charge in [-0.15, -0.1) is 0 Å². The summed E-state index contributed by atoms with van der Waals surface area (Å²) in [6.07, 6.45) is 0.870. The van der Waals surface area contributed by atoms with E-state index in [1.165, 1.54) is 7.11 Å². The lowest BCUT2D eigenvalue weighted by Crippen LogP contribution is -2.60. The van der Waals surface area contributed by atoms with Crippen molar-refractivity contribution in [3.8, 4) is 0 Å². The van der Waals surface area contributed by atoms with Crippen LogP contribution in [0.2, 0.25) is 0 Å². The molecule has 9 atom stereocenters. The van der Waals surface area contributed by atoms with Gasteiger partial charge in [0.25, 0.3) is 0 Å². The van der Waals surface area contributed by atoms with Crippen molar-refractivity contribution in [1.82, 2.24) is 25.3 Å². The van der Waals surface area contributed by atoms with E-state index in [-0.39, 0.29) is 67.6 Å². The molecule has 4 amide bonds. The normalized spacial score (nSPS) is 17.9. The van der Waals surface area contributed by atoms with Crippen molar-refractivity contribution < 1.29 is 52.4 Å². The number of benzene rings is 1. The fourth-order valence-corrected chi connectivity index (χ4v) is 8.67. The van der Waals surface area contributed by atoms with Gasteiger partial charge in [-0.2, -0.15) is 0 Å². The van der Waals surface area contributed by atoms with Crippen molar-refractivity contribution >= 4 is 29.6 Å². The van der Waals surface area contributed by atoms with Crippen LogP contribution in [0.25, 0.3) is 0 Å². The van der Waals surface area contributed by atoms with Crippen molar-refractivity contribution in [1.29, 1.82) is 0 Å². The quantitative estimate of drug-likeness (QED) is 0.0798. The molecule has 1 aromatic rings. The average molecular weight is 920 g/mol. The maximum absolute atomic E-state index is 14.5. The lowest BCUT2D eigenvalue weighted by atomic mass is 9.89. The van der Waals surface area contributed by atoms with Gasteiger partial charge in [0, 0.05) is 47.4 Å². The molecule has 16 nitrogen and oxygen atoms in total. The molecule has 16 heteroatoms. The Kier molecular flexibility index (Phi) is 26.4. The third kappa shape index (κ3) is 17.8.